The molecule has 0 aliphatic carbocycles. The minimum atomic E-state index is -0.905. The summed E-state index contributed by atoms with van der Waals surface area (Å²) in [5.41, 5.74) is 6.09. The van der Waals surface area contributed by atoms with E-state index in [4.69, 9.17) is 5.73 Å². The number of rotatable bonds is 1. The lowest BCUT2D eigenvalue weighted by Crippen LogP contribution is -1.96. The molecule has 0 unspecified atom stereocenters. The maximum absolute atomic E-state index is 13.4. The van der Waals surface area contributed by atoms with Crippen LogP contribution in [0, 0.1) is 11.6 Å². The molecule has 2 rings (SSSR count). The molecular formula is C11H8F2N2. The highest BCUT2D eigenvalue weighted by molar-refractivity contribution is 5.73. The Morgan fingerprint density at radius 3 is 2.47 bits per heavy atom. The predicted molar refractivity (Wildman–Crippen MR) is 54.0 cm³/mol. The van der Waals surface area contributed by atoms with Crippen molar-refractivity contribution in [1.82, 2.24) is 4.98 Å². The summed E-state index contributed by atoms with van der Waals surface area (Å²) in [6, 6.07) is 7.17. The van der Waals surface area contributed by atoms with Crippen LogP contribution < -0.4 is 5.73 Å². The van der Waals surface area contributed by atoms with E-state index >= 15 is 0 Å². The van der Waals surface area contributed by atoms with Crippen molar-refractivity contribution in [3.63, 3.8) is 0 Å². The lowest BCUT2D eigenvalue weighted by Gasteiger charge is -2.05. The zero-order chi connectivity index (χ0) is 10.8. The van der Waals surface area contributed by atoms with E-state index in [1.807, 2.05) is 0 Å². The van der Waals surface area contributed by atoms with Crippen molar-refractivity contribution in [3.8, 4) is 11.1 Å². The third-order valence-electron chi connectivity index (χ3n) is 2.08. The van der Waals surface area contributed by atoms with Crippen LogP contribution in [0.2, 0.25) is 0 Å². The largest absolute Gasteiger partial charge is 0.383 e. The number of benzene rings is 1. The van der Waals surface area contributed by atoms with Crippen LogP contribution in [-0.4, -0.2) is 4.98 Å². The molecule has 0 aliphatic heterocycles. The Labute approximate surface area is 85.4 Å². The van der Waals surface area contributed by atoms with E-state index in [1.165, 1.54) is 18.3 Å². The second-order valence-corrected chi connectivity index (χ2v) is 3.04. The van der Waals surface area contributed by atoms with Crippen molar-refractivity contribution < 1.29 is 8.78 Å². The Morgan fingerprint density at radius 2 is 1.73 bits per heavy atom. The minimum absolute atomic E-state index is 0.126. The highest BCUT2D eigenvalue weighted by atomic mass is 19.2. The first-order valence-corrected chi connectivity index (χ1v) is 4.35. The number of halogens is 2. The highest BCUT2D eigenvalue weighted by Crippen LogP contribution is 2.27. The standard InChI is InChI=1S/C11H8F2N2/c12-9-5-1-3-7(10(9)13)8-4-2-6-15-11(8)14/h1-6H,(H2,14,15). The first-order chi connectivity index (χ1) is 7.20. The number of aromatic nitrogens is 1. The SMILES string of the molecule is Nc1ncccc1-c1cccc(F)c1F. The monoisotopic (exact) mass is 206 g/mol. The molecule has 0 saturated carbocycles. The predicted octanol–water partition coefficient (Wildman–Crippen LogP) is 2.61. The van der Waals surface area contributed by atoms with Crippen LogP contribution in [0.5, 0.6) is 0 Å². The molecule has 1 aromatic heterocycles. The van der Waals surface area contributed by atoms with Gasteiger partial charge in [-0.15, -0.1) is 0 Å². The third-order valence-corrected chi connectivity index (χ3v) is 2.08. The zero-order valence-electron chi connectivity index (χ0n) is 7.74. The van der Waals surface area contributed by atoms with Crippen molar-refractivity contribution in [1.29, 1.82) is 0 Å². The van der Waals surface area contributed by atoms with Gasteiger partial charge in [-0.2, -0.15) is 0 Å². The molecule has 1 heterocycles. The number of pyridine rings is 1. The Morgan fingerprint density at radius 1 is 1.00 bits per heavy atom. The van der Waals surface area contributed by atoms with Gasteiger partial charge in [0.25, 0.3) is 0 Å². The maximum Gasteiger partial charge on any atom is 0.166 e. The lowest BCUT2D eigenvalue weighted by molar-refractivity contribution is 0.511. The van der Waals surface area contributed by atoms with E-state index in [0.717, 1.165) is 6.07 Å². The molecule has 15 heavy (non-hydrogen) atoms. The molecule has 0 spiro atoms. The molecular weight excluding hydrogens is 198 g/mol. The Balaban J connectivity index is 2.65. The molecule has 4 heteroatoms. The zero-order valence-corrected chi connectivity index (χ0v) is 7.74. The first kappa shape index (κ1) is 9.58. The lowest BCUT2D eigenvalue weighted by atomic mass is 10.1. The number of nitrogens with two attached hydrogens (primary N) is 1. The van der Waals surface area contributed by atoms with Gasteiger partial charge in [-0.25, -0.2) is 13.8 Å². The van der Waals surface area contributed by atoms with Crippen LogP contribution in [0.1, 0.15) is 0 Å². The second kappa shape index (κ2) is 3.65. The van der Waals surface area contributed by atoms with Gasteiger partial charge in [-0.3, -0.25) is 0 Å². The Bertz CT molecular complexity index is 498. The van der Waals surface area contributed by atoms with Gasteiger partial charge < -0.3 is 5.73 Å². The molecule has 0 fully saturated rings. The van der Waals surface area contributed by atoms with E-state index in [9.17, 15) is 8.78 Å². The maximum atomic E-state index is 13.4. The fraction of sp³-hybridized carbons (Fsp3) is 0. The number of hydrogen-bond donors (Lipinski definition) is 1. The first-order valence-electron chi connectivity index (χ1n) is 4.35. The van der Waals surface area contributed by atoms with Crippen LogP contribution in [-0.2, 0) is 0 Å². The molecule has 2 aromatic rings. The Kier molecular flexibility index (Phi) is 2.33. The van der Waals surface area contributed by atoms with Crippen molar-refractivity contribution in [3.05, 3.63) is 48.2 Å². The van der Waals surface area contributed by atoms with Crippen molar-refractivity contribution in [2.24, 2.45) is 0 Å². The fourth-order valence-corrected chi connectivity index (χ4v) is 1.36. The summed E-state index contributed by atoms with van der Waals surface area (Å²) in [5, 5.41) is 0. The molecule has 2 N–H and O–H groups in total. The molecule has 1 aromatic carbocycles. The second-order valence-electron chi connectivity index (χ2n) is 3.04. The molecule has 2 nitrogen and oxygen atoms in total. The quantitative estimate of drug-likeness (QED) is 0.778. The van der Waals surface area contributed by atoms with Crippen LogP contribution in [0.25, 0.3) is 11.1 Å². The van der Waals surface area contributed by atoms with E-state index < -0.39 is 11.6 Å². The van der Waals surface area contributed by atoms with Gasteiger partial charge in [-0.05, 0) is 18.2 Å². The summed E-state index contributed by atoms with van der Waals surface area (Å²) < 4.78 is 26.4. The van der Waals surface area contributed by atoms with Gasteiger partial charge in [-0.1, -0.05) is 12.1 Å². The molecule has 0 saturated heterocycles. The van der Waals surface area contributed by atoms with Gasteiger partial charge in [0.1, 0.15) is 5.82 Å². The summed E-state index contributed by atoms with van der Waals surface area (Å²) >= 11 is 0. The average molecular weight is 206 g/mol. The normalized spacial score (nSPS) is 10.3. The van der Waals surface area contributed by atoms with E-state index in [0.29, 0.717) is 5.56 Å². The van der Waals surface area contributed by atoms with Gasteiger partial charge in [0.2, 0.25) is 0 Å². The summed E-state index contributed by atoms with van der Waals surface area (Å²) in [4.78, 5) is 3.81. The average Bonchev–Trinajstić information content (AvgIpc) is 2.23. The van der Waals surface area contributed by atoms with Crippen LogP contribution in [0.15, 0.2) is 36.5 Å². The minimum Gasteiger partial charge on any atom is -0.383 e. The number of anilines is 1. The van der Waals surface area contributed by atoms with Crippen molar-refractivity contribution >= 4 is 5.82 Å². The van der Waals surface area contributed by atoms with Crippen molar-refractivity contribution in [2.75, 3.05) is 5.73 Å². The van der Waals surface area contributed by atoms with Crippen LogP contribution in [0.3, 0.4) is 0 Å². The molecule has 0 radical (unpaired) electrons. The van der Waals surface area contributed by atoms with E-state index in [2.05, 4.69) is 4.98 Å². The topological polar surface area (TPSA) is 38.9 Å². The van der Waals surface area contributed by atoms with E-state index in [1.54, 1.807) is 12.1 Å². The molecule has 0 bridgehead atoms. The van der Waals surface area contributed by atoms with Gasteiger partial charge >= 0.3 is 0 Å². The van der Waals surface area contributed by atoms with Gasteiger partial charge in [0, 0.05) is 17.3 Å². The summed E-state index contributed by atoms with van der Waals surface area (Å²) in [6.45, 7) is 0. The van der Waals surface area contributed by atoms with E-state index in [-0.39, 0.29) is 11.4 Å². The number of nitrogens with zero attached hydrogens (tertiary/aromatic N) is 1. The molecule has 0 amide bonds. The van der Waals surface area contributed by atoms with Crippen LogP contribution in [0.4, 0.5) is 14.6 Å². The fourth-order valence-electron chi connectivity index (χ4n) is 1.36. The smallest absolute Gasteiger partial charge is 0.166 e. The molecule has 0 aliphatic rings. The van der Waals surface area contributed by atoms with Gasteiger partial charge in [0.15, 0.2) is 11.6 Å². The summed E-state index contributed by atoms with van der Waals surface area (Å²) in [5.74, 6) is -1.62. The van der Waals surface area contributed by atoms with Crippen LogP contribution >= 0.6 is 0 Å². The molecule has 76 valence electrons. The summed E-state index contributed by atoms with van der Waals surface area (Å²) in [6.07, 6.45) is 1.50. The van der Waals surface area contributed by atoms with Gasteiger partial charge in [0.05, 0.1) is 0 Å². The summed E-state index contributed by atoms with van der Waals surface area (Å²) in [7, 11) is 0. The molecule has 0 atom stereocenters. The van der Waals surface area contributed by atoms with Crippen molar-refractivity contribution in [2.45, 2.75) is 0 Å². The third kappa shape index (κ3) is 1.66. The Hall–Kier alpha value is -1.97. The highest BCUT2D eigenvalue weighted by Gasteiger charge is 2.11. The number of nitrogen functional groups attached to an aromatic ring is 1. The number of hydrogen-bond acceptors (Lipinski definition) is 2.